The molecule has 3 N–H and O–H groups in total. The lowest BCUT2D eigenvalue weighted by molar-refractivity contribution is 0.0586. The predicted molar refractivity (Wildman–Crippen MR) is 70.3 cm³/mol. The van der Waals surface area contributed by atoms with E-state index in [1.807, 2.05) is 0 Å². The number of aromatic nitrogens is 3. The fourth-order valence-electron chi connectivity index (χ4n) is 1.29. The maximum absolute atomic E-state index is 11.3. The number of nitrogens with zero attached hydrogens (tertiary/aromatic N) is 3. The Morgan fingerprint density at radius 1 is 1.26 bits per heavy atom. The van der Waals surface area contributed by atoms with Crippen molar-refractivity contribution in [3.8, 4) is 0 Å². The van der Waals surface area contributed by atoms with Crippen LogP contribution in [0.3, 0.4) is 0 Å². The molecule has 0 amide bonds. The second-order valence-corrected chi connectivity index (χ2v) is 3.90. The lowest BCUT2D eigenvalue weighted by Crippen LogP contribution is -2.12. The van der Waals surface area contributed by atoms with Gasteiger partial charge in [0.2, 0.25) is 17.7 Å². The van der Waals surface area contributed by atoms with E-state index in [0.29, 0.717) is 10.7 Å². The summed E-state index contributed by atoms with van der Waals surface area (Å²) in [6.45, 7) is 0. The topological polar surface area (TPSA) is 103 Å². The second-order valence-electron chi connectivity index (χ2n) is 3.46. The molecule has 7 nitrogen and oxygen atoms in total. The molecule has 0 saturated heterocycles. The summed E-state index contributed by atoms with van der Waals surface area (Å²) in [6, 6.07) is 6.88. The molecule has 0 saturated carbocycles. The fourth-order valence-corrected chi connectivity index (χ4v) is 1.42. The molecule has 0 radical (unpaired) electrons. The Bertz CT molecular complexity index is 603. The highest BCUT2D eigenvalue weighted by atomic mass is 35.5. The molecule has 0 aliphatic rings. The minimum absolute atomic E-state index is 0.0770. The molecule has 2 aromatic rings. The van der Waals surface area contributed by atoms with Gasteiger partial charge in [-0.15, -0.1) is 0 Å². The van der Waals surface area contributed by atoms with Crippen molar-refractivity contribution in [2.45, 2.75) is 0 Å². The van der Waals surface area contributed by atoms with E-state index in [4.69, 9.17) is 17.3 Å². The molecule has 0 atom stereocenters. The average Bonchev–Trinajstić information content (AvgIpc) is 2.40. The molecule has 0 aliphatic heterocycles. The zero-order chi connectivity index (χ0) is 13.8. The molecule has 0 unspecified atom stereocenters. The average molecular weight is 280 g/mol. The van der Waals surface area contributed by atoms with Crippen LogP contribution in [0.2, 0.25) is 5.02 Å². The first-order chi connectivity index (χ1) is 9.08. The van der Waals surface area contributed by atoms with Gasteiger partial charge in [-0.25, -0.2) is 4.79 Å². The van der Waals surface area contributed by atoms with Gasteiger partial charge in [0.15, 0.2) is 0 Å². The minimum atomic E-state index is -0.687. The number of rotatable bonds is 3. The predicted octanol–water partition coefficient (Wildman–Crippen LogP) is 1.64. The monoisotopic (exact) mass is 279 g/mol. The number of halogens is 1. The number of hydrogen-bond donors (Lipinski definition) is 2. The first-order valence-corrected chi connectivity index (χ1v) is 5.59. The lowest BCUT2D eigenvalue weighted by atomic mass is 10.3. The van der Waals surface area contributed by atoms with Crippen molar-refractivity contribution >= 4 is 35.2 Å². The van der Waals surface area contributed by atoms with Gasteiger partial charge in [-0.1, -0.05) is 11.6 Å². The van der Waals surface area contributed by atoms with Crippen molar-refractivity contribution in [3.05, 3.63) is 35.1 Å². The molecule has 0 aliphatic carbocycles. The van der Waals surface area contributed by atoms with E-state index < -0.39 is 5.97 Å². The van der Waals surface area contributed by atoms with Crippen molar-refractivity contribution in [3.63, 3.8) is 0 Å². The fraction of sp³-hybridized carbons (Fsp3) is 0.0909. The Morgan fingerprint density at radius 2 is 1.95 bits per heavy atom. The van der Waals surface area contributed by atoms with Crippen LogP contribution < -0.4 is 11.1 Å². The van der Waals surface area contributed by atoms with Crippen molar-refractivity contribution < 1.29 is 9.53 Å². The van der Waals surface area contributed by atoms with E-state index in [0.717, 1.165) is 0 Å². The molecule has 98 valence electrons. The van der Waals surface area contributed by atoms with E-state index in [2.05, 4.69) is 25.0 Å². The van der Waals surface area contributed by atoms with Crippen molar-refractivity contribution in [2.24, 2.45) is 0 Å². The Morgan fingerprint density at radius 3 is 2.58 bits per heavy atom. The molecule has 1 aromatic heterocycles. The number of anilines is 3. The molecule has 1 heterocycles. The van der Waals surface area contributed by atoms with Gasteiger partial charge >= 0.3 is 5.97 Å². The number of carbonyl (C=O) groups is 1. The molecule has 8 heteroatoms. The van der Waals surface area contributed by atoms with Crippen LogP contribution in [0.1, 0.15) is 10.6 Å². The van der Waals surface area contributed by atoms with Crippen LogP contribution in [0.15, 0.2) is 24.3 Å². The summed E-state index contributed by atoms with van der Waals surface area (Å²) in [7, 11) is 1.23. The van der Waals surface area contributed by atoms with E-state index >= 15 is 0 Å². The third kappa shape index (κ3) is 3.29. The van der Waals surface area contributed by atoms with E-state index in [-0.39, 0.29) is 17.7 Å². The Kier molecular flexibility index (Phi) is 3.76. The highest BCUT2D eigenvalue weighted by Crippen LogP contribution is 2.17. The van der Waals surface area contributed by atoms with Crippen molar-refractivity contribution in [2.75, 3.05) is 18.2 Å². The van der Waals surface area contributed by atoms with Crippen LogP contribution in [-0.4, -0.2) is 28.0 Å². The third-order valence-corrected chi connectivity index (χ3v) is 2.37. The highest BCUT2D eigenvalue weighted by molar-refractivity contribution is 6.30. The molecule has 0 fully saturated rings. The van der Waals surface area contributed by atoms with Crippen LogP contribution >= 0.6 is 11.6 Å². The van der Waals surface area contributed by atoms with Gasteiger partial charge < -0.3 is 15.8 Å². The van der Waals surface area contributed by atoms with Gasteiger partial charge in [-0.3, -0.25) is 0 Å². The summed E-state index contributed by atoms with van der Waals surface area (Å²) < 4.78 is 4.52. The highest BCUT2D eigenvalue weighted by Gasteiger charge is 2.12. The van der Waals surface area contributed by atoms with E-state index in [1.54, 1.807) is 24.3 Å². The SMILES string of the molecule is COC(=O)c1nc(N)nc(Nc2ccc(Cl)cc2)n1. The number of nitrogens with two attached hydrogens (primary N) is 1. The quantitative estimate of drug-likeness (QED) is 0.823. The largest absolute Gasteiger partial charge is 0.463 e. The maximum Gasteiger partial charge on any atom is 0.376 e. The van der Waals surface area contributed by atoms with Gasteiger partial charge in [-0.05, 0) is 24.3 Å². The van der Waals surface area contributed by atoms with Crippen LogP contribution in [0, 0.1) is 0 Å². The minimum Gasteiger partial charge on any atom is -0.463 e. The van der Waals surface area contributed by atoms with Crippen LogP contribution in [0.25, 0.3) is 0 Å². The summed E-state index contributed by atoms with van der Waals surface area (Å²) in [5.74, 6) is -0.776. The number of esters is 1. The van der Waals surface area contributed by atoms with Gasteiger partial charge in [0, 0.05) is 10.7 Å². The molecule has 19 heavy (non-hydrogen) atoms. The van der Waals surface area contributed by atoms with Crippen LogP contribution in [-0.2, 0) is 4.74 Å². The maximum atomic E-state index is 11.3. The van der Waals surface area contributed by atoms with Crippen LogP contribution in [0.4, 0.5) is 17.6 Å². The molecule has 2 rings (SSSR count). The van der Waals surface area contributed by atoms with Gasteiger partial charge in [-0.2, -0.15) is 15.0 Å². The Labute approximate surface area is 113 Å². The van der Waals surface area contributed by atoms with Crippen molar-refractivity contribution in [1.29, 1.82) is 0 Å². The molecule has 1 aromatic carbocycles. The van der Waals surface area contributed by atoms with E-state index in [9.17, 15) is 4.79 Å². The lowest BCUT2D eigenvalue weighted by Gasteiger charge is -2.06. The third-order valence-electron chi connectivity index (χ3n) is 2.12. The molecule has 0 bridgehead atoms. The van der Waals surface area contributed by atoms with Gasteiger partial charge in [0.1, 0.15) is 0 Å². The standard InChI is InChI=1S/C11H10ClN5O2/c1-19-9(18)8-15-10(13)17-11(16-8)14-7-4-2-6(12)3-5-7/h2-5H,1H3,(H3,13,14,15,16,17). The first kappa shape index (κ1) is 13.0. The first-order valence-electron chi connectivity index (χ1n) is 5.21. The van der Waals surface area contributed by atoms with Crippen LogP contribution in [0.5, 0.6) is 0 Å². The van der Waals surface area contributed by atoms with Gasteiger partial charge in [0.05, 0.1) is 7.11 Å². The van der Waals surface area contributed by atoms with Crippen molar-refractivity contribution in [1.82, 2.24) is 15.0 Å². The van der Waals surface area contributed by atoms with Gasteiger partial charge in [0.25, 0.3) is 0 Å². The molecule has 0 spiro atoms. The summed E-state index contributed by atoms with van der Waals surface area (Å²) in [4.78, 5) is 22.8. The van der Waals surface area contributed by atoms with E-state index in [1.165, 1.54) is 7.11 Å². The number of hydrogen-bond acceptors (Lipinski definition) is 7. The Hall–Kier alpha value is -2.41. The number of nitrogen functional groups attached to an aromatic ring is 1. The molecular formula is C11H10ClN5O2. The zero-order valence-electron chi connectivity index (χ0n) is 9.92. The summed E-state index contributed by atoms with van der Waals surface area (Å²) >= 11 is 5.78. The number of ether oxygens (including phenoxy) is 1. The summed E-state index contributed by atoms with van der Waals surface area (Å²) in [6.07, 6.45) is 0. The summed E-state index contributed by atoms with van der Waals surface area (Å²) in [5.41, 5.74) is 6.20. The normalized spacial score (nSPS) is 10.0. The number of carbonyl (C=O) groups excluding carboxylic acids is 1. The number of nitrogens with one attached hydrogen (secondary N) is 1. The second kappa shape index (κ2) is 5.49. The number of benzene rings is 1. The summed E-state index contributed by atoms with van der Waals surface area (Å²) in [5, 5.41) is 3.49. The zero-order valence-corrected chi connectivity index (χ0v) is 10.7. The Balaban J connectivity index is 2.27. The molecular weight excluding hydrogens is 270 g/mol. The number of methoxy groups -OCH3 is 1. The smallest absolute Gasteiger partial charge is 0.376 e.